The van der Waals surface area contributed by atoms with Gasteiger partial charge in [-0.3, -0.25) is 0 Å². The highest BCUT2D eigenvalue weighted by Crippen LogP contribution is 2.31. The van der Waals surface area contributed by atoms with E-state index in [1.165, 1.54) is 11.8 Å². The summed E-state index contributed by atoms with van der Waals surface area (Å²) in [5, 5.41) is 9.37. The van der Waals surface area contributed by atoms with Crippen LogP contribution in [0.4, 0.5) is 5.69 Å². The lowest BCUT2D eigenvalue weighted by Gasteiger charge is -1.98. The summed E-state index contributed by atoms with van der Waals surface area (Å²) in [5.41, 5.74) is 6.61. The molecular weight excluding hydrogens is 222 g/mol. The number of nitrogens with zero attached hydrogens (tertiary/aromatic N) is 2. The van der Waals surface area contributed by atoms with Crippen molar-refractivity contribution in [1.82, 2.24) is 4.98 Å². The van der Waals surface area contributed by atoms with Gasteiger partial charge in [-0.15, -0.1) is 0 Å². The summed E-state index contributed by atoms with van der Waals surface area (Å²) in [5.74, 6) is 0.495. The average Bonchev–Trinajstić information content (AvgIpc) is 2.62. The quantitative estimate of drug-likeness (QED) is 0.804. The first-order valence-electron chi connectivity index (χ1n) is 4.60. The number of hydrogen-bond acceptors (Lipinski definition) is 5. The van der Waals surface area contributed by atoms with Crippen molar-refractivity contribution >= 4 is 17.4 Å². The van der Waals surface area contributed by atoms with Crippen molar-refractivity contribution in [3.63, 3.8) is 0 Å². The average molecular weight is 231 g/mol. The van der Waals surface area contributed by atoms with Gasteiger partial charge < -0.3 is 10.2 Å². The molecule has 1 aromatic heterocycles. The number of oxazole rings is 1. The molecule has 2 aromatic rings. The zero-order chi connectivity index (χ0) is 11.5. The van der Waals surface area contributed by atoms with Crippen LogP contribution in [0.25, 0.3) is 0 Å². The fraction of sp³-hybridized carbons (Fsp3) is 0.0909. The largest absolute Gasteiger partial charge is 0.433 e. The van der Waals surface area contributed by atoms with Gasteiger partial charge in [0.1, 0.15) is 6.07 Å². The Bertz CT molecular complexity index is 539. The Morgan fingerprint density at radius 3 is 2.69 bits per heavy atom. The van der Waals surface area contributed by atoms with E-state index < -0.39 is 0 Å². The molecular formula is C11H9N3OS. The number of rotatable bonds is 2. The predicted molar refractivity (Wildman–Crippen MR) is 60.9 cm³/mol. The molecule has 0 atom stereocenters. The Morgan fingerprint density at radius 1 is 1.38 bits per heavy atom. The molecule has 5 heteroatoms. The molecule has 16 heavy (non-hydrogen) atoms. The third kappa shape index (κ3) is 2.18. The molecule has 80 valence electrons. The van der Waals surface area contributed by atoms with Crippen LogP contribution in [0.3, 0.4) is 0 Å². The van der Waals surface area contributed by atoms with Gasteiger partial charge in [0, 0.05) is 17.5 Å². The molecule has 0 bridgehead atoms. The second-order valence-electron chi connectivity index (χ2n) is 3.15. The molecule has 0 aliphatic rings. The first-order chi connectivity index (χ1) is 7.69. The van der Waals surface area contributed by atoms with Gasteiger partial charge in [-0.05, 0) is 36.0 Å². The summed E-state index contributed by atoms with van der Waals surface area (Å²) >= 11 is 1.36. The lowest BCUT2D eigenvalue weighted by molar-refractivity contribution is 0.441. The molecule has 4 nitrogen and oxygen atoms in total. The molecule has 1 heterocycles. The zero-order valence-electron chi connectivity index (χ0n) is 8.60. The maximum atomic E-state index is 8.85. The lowest BCUT2D eigenvalue weighted by atomic mass is 10.3. The van der Waals surface area contributed by atoms with Crippen LogP contribution in [0.2, 0.25) is 0 Å². The van der Waals surface area contributed by atoms with Crippen LogP contribution in [-0.4, -0.2) is 4.98 Å². The van der Waals surface area contributed by atoms with Crippen molar-refractivity contribution in [2.24, 2.45) is 0 Å². The number of nitriles is 1. The monoisotopic (exact) mass is 231 g/mol. The van der Waals surface area contributed by atoms with E-state index in [-0.39, 0.29) is 0 Å². The minimum absolute atomic E-state index is 0.319. The Balaban J connectivity index is 2.27. The highest BCUT2D eigenvalue weighted by atomic mass is 32.2. The number of aryl methyl sites for hydroxylation is 1. The summed E-state index contributed by atoms with van der Waals surface area (Å²) in [6, 6.07) is 9.35. The van der Waals surface area contributed by atoms with Crippen molar-refractivity contribution < 1.29 is 4.42 Å². The first-order valence-corrected chi connectivity index (χ1v) is 5.41. The molecule has 2 rings (SSSR count). The van der Waals surface area contributed by atoms with Crippen molar-refractivity contribution in [3.8, 4) is 6.07 Å². The minimum Gasteiger partial charge on any atom is -0.433 e. The Hall–Kier alpha value is -1.93. The third-order valence-corrected chi connectivity index (χ3v) is 2.87. The van der Waals surface area contributed by atoms with Crippen molar-refractivity contribution in [3.05, 3.63) is 35.9 Å². The number of anilines is 1. The van der Waals surface area contributed by atoms with Gasteiger partial charge in [0.25, 0.3) is 0 Å². The number of benzene rings is 1. The van der Waals surface area contributed by atoms with Crippen molar-refractivity contribution in [2.75, 3.05) is 5.73 Å². The van der Waals surface area contributed by atoms with Crippen LogP contribution in [0.5, 0.6) is 0 Å². The van der Waals surface area contributed by atoms with Gasteiger partial charge in [0.15, 0.2) is 11.6 Å². The van der Waals surface area contributed by atoms with E-state index in [1.807, 2.05) is 18.2 Å². The van der Waals surface area contributed by atoms with E-state index in [1.54, 1.807) is 19.1 Å². The molecule has 1 aromatic carbocycles. The van der Waals surface area contributed by atoms with Crippen LogP contribution in [0.15, 0.2) is 38.7 Å². The first kappa shape index (κ1) is 10.6. The maximum absolute atomic E-state index is 8.85. The second kappa shape index (κ2) is 4.29. The second-order valence-corrected chi connectivity index (χ2v) is 4.20. The standard InChI is InChI=1S/C11H9N3OS/c1-7-14-10(6-12)11(15-7)16-9-4-2-8(13)3-5-9/h2-5H,13H2,1H3. The van der Waals surface area contributed by atoms with Gasteiger partial charge in [-0.25, -0.2) is 4.98 Å². The molecule has 0 fully saturated rings. The SMILES string of the molecule is Cc1nc(C#N)c(Sc2ccc(N)cc2)o1. The molecule has 0 unspecified atom stereocenters. The van der Waals surface area contributed by atoms with Crippen LogP contribution in [0.1, 0.15) is 11.6 Å². The summed E-state index contributed by atoms with van der Waals surface area (Å²) in [6.07, 6.45) is 0. The van der Waals surface area contributed by atoms with E-state index >= 15 is 0 Å². The number of hydrogen-bond donors (Lipinski definition) is 1. The van der Waals surface area contributed by atoms with E-state index in [9.17, 15) is 0 Å². The van der Waals surface area contributed by atoms with Gasteiger partial charge in [-0.2, -0.15) is 5.26 Å². The topological polar surface area (TPSA) is 75.8 Å². The van der Waals surface area contributed by atoms with E-state index in [0.29, 0.717) is 22.4 Å². The summed E-state index contributed by atoms with van der Waals surface area (Å²) < 4.78 is 5.34. The number of nitrogen functional groups attached to an aromatic ring is 1. The molecule has 0 aliphatic carbocycles. The number of aromatic nitrogens is 1. The van der Waals surface area contributed by atoms with Crippen LogP contribution >= 0.6 is 11.8 Å². The Kier molecular flexibility index (Phi) is 2.84. The van der Waals surface area contributed by atoms with Crippen LogP contribution in [-0.2, 0) is 0 Å². The minimum atomic E-state index is 0.319. The molecule has 2 N–H and O–H groups in total. The normalized spacial score (nSPS) is 10.0. The zero-order valence-corrected chi connectivity index (χ0v) is 9.41. The molecule has 0 saturated heterocycles. The molecule has 0 amide bonds. The van der Waals surface area contributed by atoms with Crippen molar-refractivity contribution in [1.29, 1.82) is 5.26 Å². The van der Waals surface area contributed by atoms with Crippen molar-refractivity contribution in [2.45, 2.75) is 16.9 Å². The summed E-state index contributed by atoms with van der Waals surface area (Å²) in [6.45, 7) is 1.72. The molecule has 0 saturated carbocycles. The lowest BCUT2D eigenvalue weighted by Crippen LogP contribution is -1.82. The summed E-state index contributed by atoms with van der Waals surface area (Å²) in [4.78, 5) is 4.93. The fourth-order valence-corrected chi connectivity index (χ4v) is 2.03. The van der Waals surface area contributed by atoms with E-state index in [2.05, 4.69) is 4.98 Å². The fourth-order valence-electron chi connectivity index (χ4n) is 1.19. The highest BCUT2D eigenvalue weighted by Gasteiger charge is 2.11. The van der Waals surface area contributed by atoms with Gasteiger partial charge in [-0.1, -0.05) is 0 Å². The van der Waals surface area contributed by atoms with E-state index in [0.717, 1.165) is 4.90 Å². The van der Waals surface area contributed by atoms with E-state index in [4.69, 9.17) is 15.4 Å². The van der Waals surface area contributed by atoms with Crippen LogP contribution in [0, 0.1) is 18.3 Å². The molecule has 0 radical (unpaired) electrons. The predicted octanol–water partition coefficient (Wildman–Crippen LogP) is 2.59. The van der Waals surface area contributed by atoms with Crippen LogP contribution < -0.4 is 5.73 Å². The maximum Gasteiger partial charge on any atom is 0.203 e. The Labute approximate surface area is 97.1 Å². The highest BCUT2D eigenvalue weighted by molar-refractivity contribution is 7.99. The summed E-state index contributed by atoms with van der Waals surface area (Å²) in [7, 11) is 0. The molecule has 0 spiro atoms. The van der Waals surface area contributed by atoms with Gasteiger partial charge in [0.2, 0.25) is 5.09 Å². The third-order valence-electron chi connectivity index (χ3n) is 1.90. The van der Waals surface area contributed by atoms with Gasteiger partial charge >= 0.3 is 0 Å². The smallest absolute Gasteiger partial charge is 0.203 e. The number of nitrogens with two attached hydrogens (primary N) is 1. The Morgan fingerprint density at radius 2 is 2.06 bits per heavy atom. The molecule has 0 aliphatic heterocycles. The van der Waals surface area contributed by atoms with Gasteiger partial charge in [0.05, 0.1) is 0 Å².